The van der Waals surface area contributed by atoms with Crippen molar-refractivity contribution in [1.82, 2.24) is 20.6 Å². The Morgan fingerprint density at radius 1 is 1.25 bits per heavy atom. The van der Waals surface area contributed by atoms with Crippen molar-refractivity contribution in [3.63, 3.8) is 0 Å². The molecule has 0 aromatic carbocycles. The number of hydrogen-bond donors (Lipinski definition) is 7. The van der Waals surface area contributed by atoms with Crippen molar-refractivity contribution in [3.05, 3.63) is 24.5 Å². The molecule has 0 spiro atoms. The smallest absolute Gasteiger partial charge is 0.259 e. The average molecular weight is 412 g/mol. The van der Waals surface area contributed by atoms with E-state index in [4.69, 9.17) is 5.11 Å². The van der Waals surface area contributed by atoms with Gasteiger partial charge in [0, 0.05) is 18.0 Å². The summed E-state index contributed by atoms with van der Waals surface area (Å²) in [5, 5.41) is 61.7. The van der Waals surface area contributed by atoms with E-state index in [-0.39, 0.29) is 6.54 Å². The maximum absolute atomic E-state index is 11.7. The van der Waals surface area contributed by atoms with E-state index in [9.17, 15) is 25.2 Å². The molecular formula is C15H20N6O6S. The fraction of sp³-hybridized carbons (Fsp3) is 0.400. The molecule has 12 nitrogen and oxygen atoms in total. The molecule has 2 aromatic rings. The minimum Gasteiger partial charge on any atom is -0.394 e. The number of anilines is 1. The first kappa shape index (κ1) is 21.7. The van der Waals surface area contributed by atoms with Crippen LogP contribution in [0.3, 0.4) is 0 Å². The molecule has 0 aliphatic carbocycles. The lowest BCUT2D eigenvalue weighted by Gasteiger charge is -2.23. The summed E-state index contributed by atoms with van der Waals surface area (Å²) in [6.45, 7) is -0.970. The summed E-state index contributed by atoms with van der Waals surface area (Å²) in [5.74, 6) is -0.563. The van der Waals surface area contributed by atoms with Crippen LogP contribution in [-0.4, -0.2) is 90.4 Å². The zero-order valence-electron chi connectivity index (χ0n) is 14.5. The number of hydrazone groups is 1. The average Bonchev–Trinajstić information content (AvgIpc) is 3.20. The van der Waals surface area contributed by atoms with E-state index in [1.54, 1.807) is 18.5 Å². The number of nitrogens with zero attached hydrogens (tertiary/aromatic N) is 4. The Morgan fingerprint density at radius 2 is 2.04 bits per heavy atom. The van der Waals surface area contributed by atoms with Gasteiger partial charge >= 0.3 is 0 Å². The van der Waals surface area contributed by atoms with Crippen molar-refractivity contribution in [3.8, 4) is 10.6 Å². The molecular weight excluding hydrogens is 392 g/mol. The first-order valence-corrected chi connectivity index (χ1v) is 8.87. The van der Waals surface area contributed by atoms with Gasteiger partial charge < -0.3 is 30.8 Å². The zero-order valence-corrected chi connectivity index (χ0v) is 15.3. The number of aliphatic hydroxyl groups excluding tert-OH is 5. The number of amides is 1. The number of hydrogen-bond acceptors (Lipinski definition) is 12. The first-order valence-electron chi connectivity index (χ1n) is 8.05. The summed E-state index contributed by atoms with van der Waals surface area (Å²) in [5.41, 5.74) is 2.90. The van der Waals surface area contributed by atoms with Crippen molar-refractivity contribution < 1.29 is 30.3 Å². The zero-order chi connectivity index (χ0) is 20.5. The number of nitrogens with one attached hydrogen (secondary N) is 2. The van der Waals surface area contributed by atoms with Gasteiger partial charge in [-0.15, -0.1) is 10.2 Å². The lowest BCUT2D eigenvalue weighted by atomic mass is 10.0. The molecule has 0 radical (unpaired) electrons. The number of rotatable bonds is 10. The lowest BCUT2D eigenvalue weighted by Crippen LogP contribution is -2.46. The van der Waals surface area contributed by atoms with Crippen LogP contribution in [0.4, 0.5) is 5.13 Å². The van der Waals surface area contributed by atoms with Crippen LogP contribution in [0, 0.1) is 0 Å². The molecule has 1 amide bonds. The molecule has 0 saturated heterocycles. The molecule has 28 heavy (non-hydrogen) atoms. The summed E-state index contributed by atoms with van der Waals surface area (Å²) in [6, 6.07) is 3.60. The number of aliphatic hydroxyl groups is 5. The molecule has 4 atom stereocenters. The molecule has 7 N–H and O–H groups in total. The molecule has 13 heteroatoms. The maximum Gasteiger partial charge on any atom is 0.259 e. The fourth-order valence-electron chi connectivity index (χ4n) is 1.91. The summed E-state index contributed by atoms with van der Waals surface area (Å²) < 4.78 is 0. The third-order valence-corrected chi connectivity index (χ3v) is 4.36. The summed E-state index contributed by atoms with van der Waals surface area (Å²) in [4.78, 5) is 15.7. The van der Waals surface area contributed by atoms with Crippen LogP contribution in [0.5, 0.6) is 0 Å². The summed E-state index contributed by atoms with van der Waals surface area (Å²) in [6.07, 6.45) is -2.82. The summed E-state index contributed by atoms with van der Waals surface area (Å²) >= 11 is 1.23. The molecule has 2 rings (SSSR count). The van der Waals surface area contributed by atoms with Crippen molar-refractivity contribution in [2.45, 2.75) is 24.4 Å². The largest absolute Gasteiger partial charge is 0.394 e. The third-order valence-electron chi connectivity index (χ3n) is 3.43. The van der Waals surface area contributed by atoms with Crippen LogP contribution in [-0.2, 0) is 4.79 Å². The Labute approximate surface area is 163 Å². The van der Waals surface area contributed by atoms with Crippen LogP contribution < -0.4 is 10.7 Å². The van der Waals surface area contributed by atoms with Gasteiger partial charge in [-0.1, -0.05) is 11.3 Å². The highest BCUT2D eigenvalue weighted by atomic mass is 32.1. The van der Waals surface area contributed by atoms with Crippen molar-refractivity contribution >= 4 is 28.6 Å². The molecule has 0 saturated carbocycles. The quantitative estimate of drug-likeness (QED) is 0.163. The van der Waals surface area contributed by atoms with E-state index in [1.807, 2.05) is 6.07 Å². The Kier molecular flexibility index (Phi) is 8.31. The number of carbonyl (C=O) groups is 1. The van der Waals surface area contributed by atoms with Gasteiger partial charge in [0.1, 0.15) is 24.4 Å². The van der Waals surface area contributed by atoms with Gasteiger partial charge in [0.25, 0.3) is 5.91 Å². The first-order chi connectivity index (χ1) is 13.4. The van der Waals surface area contributed by atoms with E-state index in [0.29, 0.717) is 10.1 Å². The topological polar surface area (TPSA) is 193 Å². The Morgan fingerprint density at radius 3 is 2.71 bits per heavy atom. The van der Waals surface area contributed by atoms with Crippen LogP contribution in [0.2, 0.25) is 0 Å². The highest BCUT2D eigenvalue weighted by Crippen LogP contribution is 2.25. The standard InChI is InChI=1S/C15H20N6O6S/c22-7-10(24)13(27)12(26)9(23)5-18-19-11(25)6-17-15-21-20-14(28-15)8-2-1-3-16-4-8/h1-5,9-10,12-13,22-24,26-27H,6-7H2,(H,17,21)(H,19,25)/b18-5+/t9-,10-,12-,13-/m1/s1. The van der Waals surface area contributed by atoms with Gasteiger partial charge in [-0.3, -0.25) is 9.78 Å². The molecule has 152 valence electrons. The molecule has 0 aliphatic heterocycles. The van der Waals surface area contributed by atoms with E-state index in [2.05, 4.69) is 31.0 Å². The molecule has 0 bridgehead atoms. The second-order valence-electron chi connectivity index (χ2n) is 5.54. The SMILES string of the molecule is O=C(CNc1nnc(-c2cccnc2)s1)N/N=C/[C@@H](O)[C@@H](O)[C@H](O)[C@H](O)CO. The Hall–Kier alpha value is -2.55. The third kappa shape index (κ3) is 6.26. The normalized spacial score (nSPS) is 15.8. The van der Waals surface area contributed by atoms with Crippen LogP contribution in [0.1, 0.15) is 0 Å². The van der Waals surface area contributed by atoms with Crippen LogP contribution >= 0.6 is 11.3 Å². The van der Waals surface area contributed by atoms with E-state index >= 15 is 0 Å². The Bertz CT molecular complexity index is 775. The number of aromatic nitrogens is 3. The van der Waals surface area contributed by atoms with E-state index in [1.165, 1.54) is 11.3 Å². The van der Waals surface area contributed by atoms with Gasteiger partial charge in [0.2, 0.25) is 5.13 Å². The molecule has 2 heterocycles. The van der Waals surface area contributed by atoms with Gasteiger partial charge in [-0.25, -0.2) is 5.43 Å². The molecule has 0 aliphatic rings. The van der Waals surface area contributed by atoms with E-state index in [0.717, 1.165) is 11.8 Å². The molecule has 0 fully saturated rings. The van der Waals surface area contributed by atoms with Crippen LogP contribution in [0.25, 0.3) is 10.6 Å². The van der Waals surface area contributed by atoms with Crippen molar-refractivity contribution in [2.75, 3.05) is 18.5 Å². The van der Waals surface area contributed by atoms with Gasteiger partial charge in [-0.2, -0.15) is 5.10 Å². The van der Waals surface area contributed by atoms with Crippen LogP contribution in [0.15, 0.2) is 29.6 Å². The second kappa shape index (κ2) is 10.7. The van der Waals surface area contributed by atoms with Gasteiger partial charge in [-0.05, 0) is 12.1 Å². The van der Waals surface area contributed by atoms with Gasteiger partial charge in [0.15, 0.2) is 5.01 Å². The second-order valence-corrected chi connectivity index (χ2v) is 6.52. The summed E-state index contributed by atoms with van der Waals surface area (Å²) in [7, 11) is 0. The van der Waals surface area contributed by atoms with Crippen molar-refractivity contribution in [1.29, 1.82) is 0 Å². The minimum atomic E-state index is -1.80. The predicted molar refractivity (Wildman–Crippen MR) is 99.4 cm³/mol. The maximum atomic E-state index is 11.7. The lowest BCUT2D eigenvalue weighted by molar-refractivity contribution is -0.119. The van der Waals surface area contributed by atoms with Crippen molar-refractivity contribution in [2.24, 2.45) is 5.10 Å². The fourth-order valence-corrected chi connectivity index (χ4v) is 2.64. The minimum absolute atomic E-state index is 0.177. The number of carbonyl (C=O) groups excluding carboxylic acids is 1. The van der Waals surface area contributed by atoms with Gasteiger partial charge in [0.05, 0.1) is 19.4 Å². The number of pyridine rings is 1. The Balaban J connectivity index is 1.77. The molecule has 0 unspecified atom stereocenters. The predicted octanol–water partition coefficient (Wildman–Crippen LogP) is -2.45. The van der Waals surface area contributed by atoms with E-state index < -0.39 is 36.9 Å². The highest BCUT2D eigenvalue weighted by Gasteiger charge is 2.29. The monoisotopic (exact) mass is 412 g/mol. The molecule has 2 aromatic heterocycles. The highest BCUT2D eigenvalue weighted by molar-refractivity contribution is 7.18.